The van der Waals surface area contributed by atoms with Gasteiger partial charge in [0.1, 0.15) is 18.2 Å². The number of nitrogens with one attached hydrogen (secondary N) is 1. The summed E-state index contributed by atoms with van der Waals surface area (Å²) in [5, 5.41) is 3.05. The second-order valence-electron chi connectivity index (χ2n) is 7.43. The zero-order valence-corrected chi connectivity index (χ0v) is 16.9. The summed E-state index contributed by atoms with van der Waals surface area (Å²) in [5.41, 5.74) is 1.25. The zero-order valence-electron chi connectivity index (χ0n) is 16.9. The number of piperidine rings is 1. The number of ether oxygens (including phenoxy) is 1. The molecule has 0 unspecified atom stereocenters. The molecule has 31 heavy (non-hydrogen) atoms. The molecule has 1 aliphatic rings. The molecule has 6 nitrogen and oxygen atoms in total. The van der Waals surface area contributed by atoms with E-state index in [-0.39, 0.29) is 30.3 Å². The van der Waals surface area contributed by atoms with E-state index in [9.17, 15) is 14.0 Å². The van der Waals surface area contributed by atoms with Crippen molar-refractivity contribution in [3.05, 3.63) is 89.6 Å². The zero-order chi connectivity index (χ0) is 21.6. The number of rotatable bonds is 6. The highest BCUT2D eigenvalue weighted by Crippen LogP contribution is 2.21. The Hall–Kier alpha value is -3.61. The van der Waals surface area contributed by atoms with Crippen molar-refractivity contribution >= 4 is 11.8 Å². The molecule has 0 spiro atoms. The Morgan fingerprint density at radius 3 is 2.48 bits per heavy atom. The highest BCUT2D eigenvalue weighted by atomic mass is 19.1. The van der Waals surface area contributed by atoms with Crippen LogP contribution in [0.1, 0.15) is 39.3 Å². The van der Waals surface area contributed by atoms with Crippen LogP contribution in [0.5, 0.6) is 5.75 Å². The van der Waals surface area contributed by atoms with Crippen LogP contribution in [0.4, 0.5) is 4.39 Å². The Morgan fingerprint density at radius 2 is 1.77 bits per heavy atom. The Morgan fingerprint density at radius 1 is 1.03 bits per heavy atom. The van der Waals surface area contributed by atoms with E-state index < -0.39 is 0 Å². The summed E-state index contributed by atoms with van der Waals surface area (Å²) in [6.07, 6.45) is 2.81. The summed E-state index contributed by atoms with van der Waals surface area (Å²) >= 11 is 0. The number of hydrogen-bond donors (Lipinski definition) is 1. The van der Waals surface area contributed by atoms with E-state index in [0.29, 0.717) is 43.0 Å². The normalized spacial score (nSPS) is 14.3. The van der Waals surface area contributed by atoms with Crippen LogP contribution < -0.4 is 10.1 Å². The van der Waals surface area contributed by atoms with E-state index in [1.54, 1.807) is 53.4 Å². The molecule has 160 valence electrons. The number of nitrogens with zero attached hydrogens (tertiary/aromatic N) is 1. The lowest BCUT2D eigenvalue weighted by Crippen LogP contribution is -2.46. The van der Waals surface area contributed by atoms with Crippen molar-refractivity contribution in [3.8, 4) is 5.75 Å². The average molecular weight is 422 g/mol. The van der Waals surface area contributed by atoms with Crippen molar-refractivity contribution in [1.82, 2.24) is 10.2 Å². The first-order valence-electron chi connectivity index (χ1n) is 10.2. The second-order valence-corrected chi connectivity index (χ2v) is 7.43. The lowest BCUT2D eigenvalue weighted by atomic mass is 10.0. The number of halogens is 1. The van der Waals surface area contributed by atoms with Gasteiger partial charge in [0.15, 0.2) is 5.76 Å². The quantitative estimate of drug-likeness (QED) is 0.651. The van der Waals surface area contributed by atoms with Gasteiger partial charge in [-0.1, -0.05) is 24.3 Å². The average Bonchev–Trinajstić information content (AvgIpc) is 3.34. The number of furan rings is 1. The van der Waals surface area contributed by atoms with E-state index in [1.807, 2.05) is 0 Å². The van der Waals surface area contributed by atoms with Gasteiger partial charge < -0.3 is 19.4 Å². The van der Waals surface area contributed by atoms with E-state index >= 15 is 0 Å². The summed E-state index contributed by atoms with van der Waals surface area (Å²) < 4.78 is 24.1. The fraction of sp³-hybridized carbons (Fsp3) is 0.250. The van der Waals surface area contributed by atoms with Crippen LogP contribution in [0, 0.1) is 5.82 Å². The Labute approximate surface area is 179 Å². The van der Waals surface area contributed by atoms with Gasteiger partial charge in [0.25, 0.3) is 11.8 Å². The second kappa shape index (κ2) is 9.47. The van der Waals surface area contributed by atoms with Gasteiger partial charge in [-0.3, -0.25) is 9.59 Å². The number of amides is 2. The molecule has 0 saturated carbocycles. The molecule has 3 aromatic rings. The SMILES string of the molecule is O=C(NC1CCN(C(=O)c2ccco2)CC1)c1ccccc1OCc1ccc(F)cc1. The fourth-order valence-corrected chi connectivity index (χ4v) is 3.57. The number of likely N-dealkylation sites (tertiary alicyclic amines) is 1. The molecule has 1 saturated heterocycles. The lowest BCUT2D eigenvalue weighted by Gasteiger charge is -2.32. The molecule has 2 amide bonds. The van der Waals surface area contributed by atoms with Crippen molar-refractivity contribution in [3.63, 3.8) is 0 Å². The lowest BCUT2D eigenvalue weighted by molar-refractivity contribution is 0.0667. The number of carbonyl (C=O) groups excluding carboxylic acids is 2. The highest BCUT2D eigenvalue weighted by Gasteiger charge is 2.26. The van der Waals surface area contributed by atoms with Gasteiger partial charge in [-0.25, -0.2) is 4.39 Å². The molecule has 7 heteroatoms. The Bertz CT molecular complexity index is 1030. The predicted molar refractivity (Wildman–Crippen MR) is 112 cm³/mol. The van der Waals surface area contributed by atoms with E-state index in [1.165, 1.54) is 18.4 Å². The number of hydrogen-bond acceptors (Lipinski definition) is 4. The Balaban J connectivity index is 1.33. The maximum atomic E-state index is 13.1. The van der Waals surface area contributed by atoms with Crippen molar-refractivity contribution in [2.75, 3.05) is 13.1 Å². The topological polar surface area (TPSA) is 71.8 Å². The van der Waals surface area contributed by atoms with Gasteiger partial charge in [0.05, 0.1) is 11.8 Å². The van der Waals surface area contributed by atoms with Crippen molar-refractivity contribution in [1.29, 1.82) is 0 Å². The molecule has 0 radical (unpaired) electrons. The molecule has 4 rings (SSSR count). The maximum Gasteiger partial charge on any atom is 0.289 e. The van der Waals surface area contributed by atoms with Crippen LogP contribution in [0.15, 0.2) is 71.3 Å². The predicted octanol–water partition coefficient (Wildman–Crippen LogP) is 4.03. The number of benzene rings is 2. The maximum absolute atomic E-state index is 13.1. The monoisotopic (exact) mass is 422 g/mol. The molecule has 0 aliphatic carbocycles. The standard InChI is InChI=1S/C24H23FN2O4/c25-18-9-7-17(8-10-18)16-31-21-5-2-1-4-20(21)23(28)26-19-11-13-27(14-12-19)24(29)22-6-3-15-30-22/h1-10,15,19H,11-14,16H2,(H,26,28). The van der Waals surface area contributed by atoms with Gasteiger partial charge in [-0.15, -0.1) is 0 Å². The van der Waals surface area contributed by atoms with Crippen molar-refractivity contribution < 1.29 is 23.1 Å². The van der Waals surface area contributed by atoms with Crippen LogP contribution in [0.2, 0.25) is 0 Å². The smallest absolute Gasteiger partial charge is 0.289 e. The summed E-state index contributed by atoms with van der Waals surface area (Å²) in [7, 11) is 0. The van der Waals surface area contributed by atoms with E-state index in [2.05, 4.69) is 5.32 Å². The molecule has 2 aromatic carbocycles. The van der Waals surface area contributed by atoms with Crippen LogP contribution in [-0.4, -0.2) is 35.8 Å². The molecule has 1 fully saturated rings. The molecule has 0 bridgehead atoms. The first-order valence-corrected chi connectivity index (χ1v) is 10.2. The minimum absolute atomic E-state index is 0.0293. The number of para-hydroxylation sites is 1. The van der Waals surface area contributed by atoms with Gasteiger partial charge in [-0.05, 0) is 54.8 Å². The summed E-state index contributed by atoms with van der Waals surface area (Å²) in [5.74, 6) is 0.143. The molecule has 1 N–H and O–H groups in total. The Kier molecular flexibility index (Phi) is 6.31. The van der Waals surface area contributed by atoms with Gasteiger partial charge in [0, 0.05) is 19.1 Å². The first kappa shape index (κ1) is 20.7. The minimum Gasteiger partial charge on any atom is -0.488 e. The van der Waals surface area contributed by atoms with Gasteiger partial charge in [-0.2, -0.15) is 0 Å². The molecule has 1 aliphatic heterocycles. The highest BCUT2D eigenvalue weighted by molar-refractivity contribution is 5.97. The largest absolute Gasteiger partial charge is 0.488 e. The third-order valence-electron chi connectivity index (χ3n) is 5.29. The first-order chi connectivity index (χ1) is 15.1. The molecule has 0 atom stereocenters. The van der Waals surface area contributed by atoms with Crippen LogP contribution >= 0.6 is 0 Å². The third-order valence-corrected chi connectivity index (χ3v) is 5.29. The molecular weight excluding hydrogens is 399 g/mol. The third kappa shape index (κ3) is 5.12. The summed E-state index contributed by atoms with van der Waals surface area (Å²) in [6, 6.07) is 16.4. The summed E-state index contributed by atoms with van der Waals surface area (Å²) in [4.78, 5) is 27.0. The van der Waals surface area contributed by atoms with E-state index in [0.717, 1.165) is 5.56 Å². The van der Waals surface area contributed by atoms with Gasteiger partial charge >= 0.3 is 0 Å². The molecule has 2 heterocycles. The fourth-order valence-electron chi connectivity index (χ4n) is 3.57. The van der Waals surface area contributed by atoms with Crippen LogP contribution in [0.25, 0.3) is 0 Å². The summed E-state index contributed by atoms with van der Waals surface area (Å²) in [6.45, 7) is 1.33. The van der Waals surface area contributed by atoms with Crippen molar-refractivity contribution in [2.24, 2.45) is 0 Å². The minimum atomic E-state index is -0.305. The van der Waals surface area contributed by atoms with Gasteiger partial charge in [0.2, 0.25) is 0 Å². The van der Waals surface area contributed by atoms with Crippen LogP contribution in [0.3, 0.4) is 0 Å². The van der Waals surface area contributed by atoms with E-state index in [4.69, 9.17) is 9.15 Å². The van der Waals surface area contributed by atoms with Crippen molar-refractivity contribution in [2.45, 2.75) is 25.5 Å². The number of carbonyl (C=O) groups is 2. The van der Waals surface area contributed by atoms with Crippen LogP contribution in [-0.2, 0) is 6.61 Å². The molecular formula is C24H23FN2O4. The molecule has 1 aromatic heterocycles.